The van der Waals surface area contributed by atoms with Gasteiger partial charge in [-0.15, -0.1) is 0 Å². The van der Waals surface area contributed by atoms with Crippen molar-refractivity contribution in [1.29, 1.82) is 0 Å². The van der Waals surface area contributed by atoms with Crippen molar-refractivity contribution in [2.45, 2.75) is 6.61 Å². The minimum absolute atomic E-state index is 0.142. The van der Waals surface area contributed by atoms with Gasteiger partial charge in [0.05, 0.1) is 12.3 Å². The molecule has 1 aromatic carbocycles. The fraction of sp³-hybridized carbons (Fsp3) is 0.231. The highest BCUT2D eigenvalue weighted by Crippen LogP contribution is 2.33. The van der Waals surface area contributed by atoms with Crippen molar-refractivity contribution < 1.29 is 19.0 Å². The van der Waals surface area contributed by atoms with Gasteiger partial charge in [-0.25, -0.2) is 4.79 Å². The smallest absolute Gasteiger partial charge is 0.323 e. The third-order valence-electron chi connectivity index (χ3n) is 2.96. The summed E-state index contributed by atoms with van der Waals surface area (Å²) in [5.74, 6) is 0.803. The number of carbonyl (C=O) groups is 1. The lowest BCUT2D eigenvalue weighted by molar-refractivity contribution is 0.102. The van der Waals surface area contributed by atoms with E-state index in [0.29, 0.717) is 22.8 Å². The van der Waals surface area contributed by atoms with E-state index in [0.717, 1.165) is 0 Å². The second-order valence-corrected chi connectivity index (χ2v) is 4.26. The van der Waals surface area contributed by atoms with Gasteiger partial charge in [0.1, 0.15) is 5.69 Å². The first-order valence-corrected chi connectivity index (χ1v) is 5.93. The van der Waals surface area contributed by atoms with Crippen LogP contribution in [0.15, 0.2) is 23.0 Å². The molecule has 0 atom stereocenters. The number of aromatic amines is 2. The summed E-state index contributed by atoms with van der Waals surface area (Å²) in [5, 5.41) is 0. The largest absolute Gasteiger partial charge is 0.454 e. The molecule has 0 aliphatic carbocycles. The van der Waals surface area contributed by atoms with E-state index >= 15 is 0 Å². The van der Waals surface area contributed by atoms with Crippen LogP contribution in [0.3, 0.4) is 0 Å². The van der Waals surface area contributed by atoms with Crippen LogP contribution >= 0.6 is 0 Å². The molecule has 0 fully saturated rings. The van der Waals surface area contributed by atoms with Crippen LogP contribution in [-0.4, -0.2) is 29.7 Å². The molecule has 1 aromatic heterocycles. The minimum Gasteiger partial charge on any atom is -0.454 e. The highest BCUT2D eigenvalue weighted by molar-refractivity contribution is 6.08. The van der Waals surface area contributed by atoms with Gasteiger partial charge in [0.15, 0.2) is 11.5 Å². The SMILES string of the molecule is COCc1[nH]c(=O)[nH]c1C(=O)c1ccc2c(c1)OCO2. The number of rotatable bonds is 4. The van der Waals surface area contributed by atoms with Crippen LogP contribution < -0.4 is 15.2 Å². The molecule has 0 amide bonds. The number of benzene rings is 1. The maximum Gasteiger partial charge on any atom is 0.323 e. The highest BCUT2D eigenvalue weighted by Gasteiger charge is 2.20. The first-order valence-electron chi connectivity index (χ1n) is 5.93. The van der Waals surface area contributed by atoms with E-state index in [-0.39, 0.29) is 24.9 Å². The molecule has 104 valence electrons. The van der Waals surface area contributed by atoms with E-state index in [4.69, 9.17) is 14.2 Å². The van der Waals surface area contributed by atoms with E-state index in [1.54, 1.807) is 18.2 Å². The van der Waals surface area contributed by atoms with Crippen molar-refractivity contribution >= 4 is 5.78 Å². The Morgan fingerprint density at radius 1 is 1.30 bits per heavy atom. The number of hydrogen-bond donors (Lipinski definition) is 2. The van der Waals surface area contributed by atoms with E-state index in [1.165, 1.54) is 7.11 Å². The first kappa shape index (κ1) is 12.5. The molecule has 1 aliphatic rings. The van der Waals surface area contributed by atoms with Crippen molar-refractivity contribution in [3.05, 3.63) is 45.6 Å². The second kappa shape index (κ2) is 4.86. The Balaban J connectivity index is 1.98. The van der Waals surface area contributed by atoms with Gasteiger partial charge in [-0.3, -0.25) is 4.79 Å². The average molecular weight is 276 g/mol. The maximum atomic E-state index is 12.4. The van der Waals surface area contributed by atoms with Gasteiger partial charge in [-0.2, -0.15) is 0 Å². The predicted octanol–water partition coefficient (Wildman–Crippen LogP) is 0.809. The molecule has 7 nitrogen and oxygen atoms in total. The zero-order valence-corrected chi connectivity index (χ0v) is 10.7. The predicted molar refractivity (Wildman–Crippen MR) is 68.1 cm³/mol. The molecule has 2 aromatic rings. The molecule has 2 heterocycles. The monoisotopic (exact) mass is 276 g/mol. The summed E-state index contributed by atoms with van der Waals surface area (Å²) in [6.45, 7) is 0.285. The van der Waals surface area contributed by atoms with Crippen LogP contribution in [0.5, 0.6) is 11.5 Å². The van der Waals surface area contributed by atoms with Crippen molar-refractivity contribution in [1.82, 2.24) is 9.97 Å². The number of methoxy groups -OCH3 is 1. The Morgan fingerprint density at radius 2 is 2.10 bits per heavy atom. The van der Waals surface area contributed by atoms with Gasteiger partial charge in [-0.1, -0.05) is 0 Å². The maximum absolute atomic E-state index is 12.4. The third kappa shape index (κ3) is 2.08. The number of ketones is 1. The zero-order valence-electron chi connectivity index (χ0n) is 10.7. The van der Waals surface area contributed by atoms with Gasteiger partial charge >= 0.3 is 5.69 Å². The van der Waals surface area contributed by atoms with Gasteiger partial charge in [0.25, 0.3) is 0 Å². The van der Waals surface area contributed by atoms with E-state index in [1.807, 2.05) is 0 Å². The summed E-state index contributed by atoms with van der Waals surface area (Å²) in [4.78, 5) is 28.8. The van der Waals surface area contributed by atoms with Crippen molar-refractivity contribution in [3.63, 3.8) is 0 Å². The lowest BCUT2D eigenvalue weighted by atomic mass is 10.1. The molecule has 0 spiro atoms. The van der Waals surface area contributed by atoms with E-state index in [9.17, 15) is 9.59 Å². The Kier molecular flexibility index (Phi) is 3.03. The molecule has 0 saturated heterocycles. The molecule has 0 saturated carbocycles. The Morgan fingerprint density at radius 3 is 2.90 bits per heavy atom. The van der Waals surface area contributed by atoms with E-state index in [2.05, 4.69) is 9.97 Å². The number of nitrogens with one attached hydrogen (secondary N) is 2. The number of fused-ring (bicyclic) bond motifs is 1. The molecular weight excluding hydrogens is 264 g/mol. The lowest BCUT2D eigenvalue weighted by Crippen LogP contribution is -2.07. The summed E-state index contributed by atoms with van der Waals surface area (Å²) in [5.41, 5.74) is 0.568. The zero-order chi connectivity index (χ0) is 14.1. The summed E-state index contributed by atoms with van der Waals surface area (Å²) >= 11 is 0. The summed E-state index contributed by atoms with van der Waals surface area (Å²) < 4.78 is 15.4. The van der Waals surface area contributed by atoms with Crippen LogP contribution in [0.1, 0.15) is 21.7 Å². The van der Waals surface area contributed by atoms with E-state index < -0.39 is 5.69 Å². The van der Waals surface area contributed by atoms with Crippen molar-refractivity contribution in [2.24, 2.45) is 0 Å². The van der Waals surface area contributed by atoms with Crippen LogP contribution in [0.2, 0.25) is 0 Å². The first-order chi connectivity index (χ1) is 9.69. The topological polar surface area (TPSA) is 93.4 Å². The van der Waals surface area contributed by atoms with Crippen LogP contribution in [0.4, 0.5) is 0 Å². The van der Waals surface area contributed by atoms with Crippen LogP contribution in [-0.2, 0) is 11.3 Å². The molecule has 0 bridgehead atoms. The fourth-order valence-corrected chi connectivity index (χ4v) is 2.05. The molecule has 20 heavy (non-hydrogen) atoms. The van der Waals surface area contributed by atoms with Crippen molar-refractivity contribution in [3.8, 4) is 11.5 Å². The molecule has 7 heteroatoms. The quantitative estimate of drug-likeness (QED) is 0.806. The number of aromatic nitrogens is 2. The Hall–Kier alpha value is -2.54. The fourth-order valence-electron chi connectivity index (χ4n) is 2.05. The molecule has 0 unspecified atom stereocenters. The lowest BCUT2D eigenvalue weighted by Gasteiger charge is -2.03. The molecule has 2 N–H and O–H groups in total. The van der Waals surface area contributed by atoms with Gasteiger partial charge in [0.2, 0.25) is 12.6 Å². The van der Waals surface area contributed by atoms with Crippen molar-refractivity contribution in [2.75, 3.05) is 13.9 Å². The summed E-state index contributed by atoms with van der Waals surface area (Å²) in [6.07, 6.45) is 0. The summed E-state index contributed by atoms with van der Waals surface area (Å²) in [6, 6.07) is 4.88. The number of H-pyrrole nitrogens is 2. The van der Waals surface area contributed by atoms with Crippen LogP contribution in [0.25, 0.3) is 0 Å². The standard InChI is InChI=1S/C13H12N2O5/c1-18-5-8-11(15-13(17)14-8)12(16)7-2-3-9-10(4-7)20-6-19-9/h2-4H,5-6H2,1H3,(H2,14,15,17). The highest BCUT2D eigenvalue weighted by atomic mass is 16.7. The van der Waals surface area contributed by atoms with Gasteiger partial charge in [-0.05, 0) is 18.2 Å². The molecule has 3 rings (SSSR count). The summed E-state index contributed by atoms with van der Waals surface area (Å²) in [7, 11) is 1.49. The number of carbonyl (C=O) groups excluding carboxylic acids is 1. The number of ether oxygens (including phenoxy) is 3. The van der Waals surface area contributed by atoms with Gasteiger partial charge in [0, 0.05) is 12.7 Å². The average Bonchev–Trinajstić information content (AvgIpc) is 3.04. The second-order valence-electron chi connectivity index (χ2n) is 4.26. The molecule has 1 aliphatic heterocycles. The molecule has 0 radical (unpaired) electrons. The Bertz CT molecular complexity index is 716. The molecular formula is C13H12N2O5. The minimum atomic E-state index is -0.443. The van der Waals surface area contributed by atoms with Crippen LogP contribution in [0, 0.1) is 0 Å². The third-order valence-corrected chi connectivity index (χ3v) is 2.96. The van der Waals surface area contributed by atoms with Gasteiger partial charge < -0.3 is 24.2 Å². The number of imidazole rings is 1. The normalized spacial score (nSPS) is 12.7. The number of hydrogen-bond acceptors (Lipinski definition) is 5. The Labute approximate surface area is 113 Å².